The molecule has 0 fully saturated rings. The number of aryl methyl sites for hydroxylation is 3. The summed E-state index contributed by atoms with van der Waals surface area (Å²) in [6, 6.07) is 13.5. The van der Waals surface area contributed by atoms with E-state index in [0.29, 0.717) is 27.8 Å². The summed E-state index contributed by atoms with van der Waals surface area (Å²) in [7, 11) is 0. The number of carbonyl (C=O) groups is 3. The van der Waals surface area contributed by atoms with Crippen molar-refractivity contribution in [3.8, 4) is 0 Å². The average molecular weight is 391 g/mol. The van der Waals surface area contributed by atoms with E-state index in [-0.39, 0.29) is 0 Å². The molecule has 0 spiro atoms. The van der Waals surface area contributed by atoms with Gasteiger partial charge in [0.05, 0.1) is 11.1 Å². The van der Waals surface area contributed by atoms with Gasteiger partial charge >= 0.3 is 12.0 Å². The minimum absolute atomic E-state index is 0.320. The number of nitrogens with one attached hydrogen (secondary N) is 2. The third-order valence-electron chi connectivity index (χ3n) is 4.42. The van der Waals surface area contributed by atoms with Gasteiger partial charge in [-0.05, 0) is 56.2 Å². The first-order valence-electron chi connectivity index (χ1n) is 9.05. The molecule has 0 bridgehead atoms. The van der Waals surface area contributed by atoms with E-state index in [1.807, 2.05) is 26.0 Å². The second kappa shape index (κ2) is 8.52. The molecular formula is C22H21N3O4. The molecule has 0 aliphatic rings. The number of anilines is 1. The Balaban J connectivity index is 1.58. The van der Waals surface area contributed by atoms with Crippen LogP contribution in [0.15, 0.2) is 48.5 Å². The highest BCUT2D eigenvalue weighted by atomic mass is 16.5. The smallest absolute Gasteiger partial charge is 0.339 e. The lowest BCUT2D eigenvalue weighted by Crippen LogP contribution is -2.37. The van der Waals surface area contributed by atoms with Crippen LogP contribution in [0.1, 0.15) is 27.2 Å². The number of hydrogen-bond donors (Lipinski definition) is 2. The first-order chi connectivity index (χ1) is 13.8. The Morgan fingerprint density at radius 1 is 0.966 bits per heavy atom. The predicted octanol–water partition coefficient (Wildman–Crippen LogP) is 3.67. The van der Waals surface area contributed by atoms with Crippen molar-refractivity contribution in [2.45, 2.75) is 20.8 Å². The van der Waals surface area contributed by atoms with Crippen LogP contribution in [0.4, 0.5) is 10.5 Å². The summed E-state index contributed by atoms with van der Waals surface area (Å²) in [4.78, 5) is 40.7. The first kappa shape index (κ1) is 20.0. The molecule has 0 unspecified atom stereocenters. The molecule has 3 rings (SSSR count). The monoisotopic (exact) mass is 391 g/mol. The normalized spacial score (nSPS) is 10.4. The van der Waals surface area contributed by atoms with E-state index in [9.17, 15) is 14.4 Å². The van der Waals surface area contributed by atoms with Gasteiger partial charge in [-0.15, -0.1) is 0 Å². The largest absolute Gasteiger partial charge is 0.452 e. The topological polar surface area (TPSA) is 97.4 Å². The van der Waals surface area contributed by atoms with Crippen LogP contribution in [0.25, 0.3) is 10.9 Å². The van der Waals surface area contributed by atoms with Gasteiger partial charge in [0.2, 0.25) is 0 Å². The number of fused-ring (bicyclic) bond motifs is 1. The van der Waals surface area contributed by atoms with Gasteiger partial charge in [0, 0.05) is 16.8 Å². The predicted molar refractivity (Wildman–Crippen MR) is 110 cm³/mol. The maximum atomic E-state index is 12.4. The lowest BCUT2D eigenvalue weighted by atomic mass is 10.1. The number of hydrogen-bond acceptors (Lipinski definition) is 5. The fourth-order valence-electron chi connectivity index (χ4n) is 2.83. The molecule has 0 aliphatic carbocycles. The number of benzene rings is 2. The molecule has 148 valence electrons. The fraction of sp³-hybridized carbons (Fsp3) is 0.182. The SMILES string of the molecule is Cc1cc(C(=O)OCC(=O)NC(=O)Nc2ccc(C)c(C)c2)c2ccccc2n1. The second-order valence-electron chi connectivity index (χ2n) is 6.71. The number of nitrogens with zero attached hydrogens (tertiary/aromatic N) is 1. The van der Waals surface area contributed by atoms with Crippen molar-refractivity contribution in [2.75, 3.05) is 11.9 Å². The minimum Gasteiger partial charge on any atom is -0.452 e. The summed E-state index contributed by atoms with van der Waals surface area (Å²) in [5, 5.41) is 5.35. The third kappa shape index (κ3) is 4.95. The molecule has 29 heavy (non-hydrogen) atoms. The van der Waals surface area contributed by atoms with Crippen LogP contribution in [0.3, 0.4) is 0 Å². The van der Waals surface area contributed by atoms with Crippen LogP contribution in [0.5, 0.6) is 0 Å². The summed E-state index contributed by atoms with van der Waals surface area (Å²) in [6.07, 6.45) is 0. The highest BCUT2D eigenvalue weighted by Gasteiger charge is 2.16. The maximum Gasteiger partial charge on any atom is 0.339 e. The molecule has 0 atom stereocenters. The third-order valence-corrected chi connectivity index (χ3v) is 4.42. The number of amides is 3. The van der Waals surface area contributed by atoms with Crippen molar-refractivity contribution in [1.29, 1.82) is 0 Å². The van der Waals surface area contributed by atoms with E-state index < -0.39 is 24.5 Å². The van der Waals surface area contributed by atoms with Crippen LogP contribution >= 0.6 is 0 Å². The fourth-order valence-corrected chi connectivity index (χ4v) is 2.83. The molecular weight excluding hydrogens is 370 g/mol. The zero-order valence-electron chi connectivity index (χ0n) is 16.4. The van der Waals surface area contributed by atoms with E-state index in [0.717, 1.165) is 11.1 Å². The maximum absolute atomic E-state index is 12.4. The summed E-state index contributed by atoms with van der Waals surface area (Å²) in [5.41, 5.74) is 4.32. The Labute approximate surface area is 168 Å². The number of pyridine rings is 1. The van der Waals surface area contributed by atoms with Crippen molar-refractivity contribution in [2.24, 2.45) is 0 Å². The van der Waals surface area contributed by atoms with Crippen molar-refractivity contribution in [3.05, 3.63) is 70.9 Å². The molecule has 0 aliphatic heterocycles. The van der Waals surface area contributed by atoms with Gasteiger partial charge < -0.3 is 10.1 Å². The van der Waals surface area contributed by atoms with Gasteiger partial charge in [0.1, 0.15) is 0 Å². The first-order valence-corrected chi connectivity index (χ1v) is 9.05. The molecule has 1 aromatic heterocycles. The number of esters is 1. The lowest BCUT2D eigenvalue weighted by molar-refractivity contribution is -0.123. The Kier molecular flexibility index (Phi) is 5.87. The second-order valence-corrected chi connectivity index (χ2v) is 6.71. The number of para-hydroxylation sites is 1. The van der Waals surface area contributed by atoms with E-state index in [4.69, 9.17) is 4.74 Å². The number of urea groups is 1. The molecule has 0 radical (unpaired) electrons. The van der Waals surface area contributed by atoms with Crippen LogP contribution in [0, 0.1) is 20.8 Å². The Hall–Kier alpha value is -3.74. The highest BCUT2D eigenvalue weighted by Crippen LogP contribution is 2.19. The molecule has 7 heteroatoms. The van der Waals surface area contributed by atoms with E-state index in [1.54, 1.807) is 43.3 Å². The summed E-state index contributed by atoms with van der Waals surface area (Å²) in [5.74, 6) is -1.38. The molecule has 0 saturated carbocycles. The Bertz CT molecular complexity index is 1110. The summed E-state index contributed by atoms with van der Waals surface area (Å²) in [6.45, 7) is 5.08. The van der Waals surface area contributed by atoms with Crippen molar-refractivity contribution >= 4 is 34.5 Å². The van der Waals surface area contributed by atoms with Gasteiger partial charge in [-0.25, -0.2) is 9.59 Å². The number of ether oxygens (including phenoxy) is 1. The number of imide groups is 1. The molecule has 2 aromatic carbocycles. The Morgan fingerprint density at radius 2 is 1.72 bits per heavy atom. The molecule has 7 nitrogen and oxygen atoms in total. The van der Waals surface area contributed by atoms with Crippen LogP contribution in [0.2, 0.25) is 0 Å². The van der Waals surface area contributed by atoms with E-state index in [1.165, 1.54) is 0 Å². The lowest BCUT2D eigenvalue weighted by Gasteiger charge is -2.10. The van der Waals surface area contributed by atoms with Gasteiger partial charge in [-0.1, -0.05) is 24.3 Å². The average Bonchev–Trinajstić information content (AvgIpc) is 2.68. The Morgan fingerprint density at radius 3 is 2.48 bits per heavy atom. The van der Waals surface area contributed by atoms with Gasteiger partial charge in [0.25, 0.3) is 5.91 Å². The minimum atomic E-state index is -0.727. The van der Waals surface area contributed by atoms with Crippen molar-refractivity contribution in [3.63, 3.8) is 0 Å². The number of aromatic nitrogens is 1. The molecule has 1 heterocycles. The zero-order valence-corrected chi connectivity index (χ0v) is 16.4. The van der Waals surface area contributed by atoms with Crippen LogP contribution in [-0.4, -0.2) is 29.5 Å². The molecule has 3 amide bonds. The highest BCUT2D eigenvalue weighted by molar-refractivity contribution is 6.05. The number of rotatable bonds is 4. The van der Waals surface area contributed by atoms with E-state index in [2.05, 4.69) is 15.6 Å². The van der Waals surface area contributed by atoms with Crippen LogP contribution < -0.4 is 10.6 Å². The standard InChI is InChI=1S/C22H21N3O4/c1-13-8-9-16(10-14(13)2)24-22(28)25-20(26)12-29-21(27)18-11-15(3)23-19-7-5-4-6-17(18)19/h4-11H,12H2,1-3H3,(H2,24,25,26,28). The number of carbonyl (C=O) groups excluding carboxylic acids is 3. The van der Waals surface area contributed by atoms with Gasteiger partial charge in [-0.2, -0.15) is 0 Å². The van der Waals surface area contributed by atoms with Crippen LogP contribution in [-0.2, 0) is 9.53 Å². The molecule has 0 saturated heterocycles. The molecule has 2 N–H and O–H groups in total. The quantitative estimate of drug-likeness (QED) is 0.662. The zero-order chi connectivity index (χ0) is 21.0. The molecule has 3 aromatic rings. The van der Waals surface area contributed by atoms with Gasteiger partial charge in [0.15, 0.2) is 6.61 Å². The van der Waals surface area contributed by atoms with Gasteiger partial charge in [-0.3, -0.25) is 15.1 Å². The van der Waals surface area contributed by atoms with E-state index >= 15 is 0 Å². The van der Waals surface area contributed by atoms with Crippen molar-refractivity contribution < 1.29 is 19.1 Å². The summed E-state index contributed by atoms with van der Waals surface area (Å²) >= 11 is 0. The summed E-state index contributed by atoms with van der Waals surface area (Å²) < 4.78 is 5.08. The van der Waals surface area contributed by atoms with Crippen molar-refractivity contribution in [1.82, 2.24) is 10.3 Å².